The molecule has 0 bridgehead atoms. The zero-order valence-corrected chi connectivity index (χ0v) is 9.76. The van der Waals surface area contributed by atoms with Gasteiger partial charge in [-0.3, -0.25) is 4.79 Å². The van der Waals surface area contributed by atoms with E-state index in [2.05, 4.69) is 5.32 Å². The summed E-state index contributed by atoms with van der Waals surface area (Å²) in [6, 6.07) is 13.9. The van der Waals surface area contributed by atoms with Gasteiger partial charge in [0.1, 0.15) is 0 Å². The van der Waals surface area contributed by atoms with Crippen LogP contribution in [0.1, 0.15) is 5.56 Å². The lowest BCUT2D eigenvalue weighted by Crippen LogP contribution is -2.28. The molecule has 0 unspecified atom stereocenters. The van der Waals surface area contributed by atoms with E-state index in [0.717, 1.165) is 11.3 Å². The lowest BCUT2D eigenvalue weighted by atomic mass is 10.1. The lowest BCUT2D eigenvalue weighted by Gasteiger charge is -2.00. The highest BCUT2D eigenvalue weighted by Crippen LogP contribution is 2.04. The van der Waals surface area contributed by atoms with Crippen LogP contribution >= 0.6 is 0 Å². The van der Waals surface area contributed by atoms with Gasteiger partial charge in [0.25, 0.3) is 0 Å². The maximum atomic E-state index is 11.2. The van der Waals surface area contributed by atoms with Gasteiger partial charge >= 0.3 is 0 Å². The molecule has 0 aliphatic carbocycles. The van der Waals surface area contributed by atoms with Crippen molar-refractivity contribution in [2.24, 2.45) is 0 Å². The molecule has 1 amide bonds. The summed E-state index contributed by atoms with van der Waals surface area (Å²) in [5, 5.41) is 2.62. The second-order valence-corrected chi connectivity index (χ2v) is 3.80. The summed E-state index contributed by atoms with van der Waals surface area (Å²) in [5.74, 6) is 0.0325. The fraction of sp³-hybridized carbons (Fsp3) is 0.143. The molecular formula is C14H15N2O+. The molecule has 0 aliphatic rings. The molecule has 0 saturated heterocycles. The van der Waals surface area contributed by atoms with Crippen LogP contribution in [0.25, 0.3) is 5.69 Å². The van der Waals surface area contributed by atoms with Crippen LogP contribution in [-0.2, 0) is 11.2 Å². The third kappa shape index (κ3) is 2.91. The Bertz CT molecular complexity index is 491. The Labute approximate surface area is 101 Å². The Morgan fingerprint density at radius 3 is 2.35 bits per heavy atom. The minimum atomic E-state index is 0.0325. The summed E-state index contributed by atoms with van der Waals surface area (Å²) < 4.78 is 2.03. The van der Waals surface area contributed by atoms with Crippen LogP contribution in [0.3, 0.4) is 0 Å². The fourth-order valence-corrected chi connectivity index (χ4v) is 1.63. The Morgan fingerprint density at radius 1 is 1.12 bits per heavy atom. The molecule has 0 spiro atoms. The number of nitrogens with one attached hydrogen (secondary N) is 1. The normalized spacial score (nSPS) is 9.94. The van der Waals surface area contributed by atoms with Gasteiger partial charge in [-0.1, -0.05) is 18.2 Å². The van der Waals surface area contributed by atoms with Gasteiger partial charge in [-0.2, -0.15) is 4.57 Å². The summed E-state index contributed by atoms with van der Waals surface area (Å²) >= 11 is 0. The van der Waals surface area contributed by atoms with Gasteiger partial charge in [-0.25, -0.2) is 0 Å². The number of hydrogen-bond acceptors (Lipinski definition) is 1. The lowest BCUT2D eigenvalue weighted by molar-refractivity contribution is -0.595. The van der Waals surface area contributed by atoms with Gasteiger partial charge in [-0.05, 0) is 5.56 Å². The Morgan fingerprint density at radius 2 is 1.76 bits per heavy atom. The second-order valence-electron chi connectivity index (χ2n) is 3.80. The van der Waals surface area contributed by atoms with E-state index in [1.54, 1.807) is 7.05 Å². The van der Waals surface area contributed by atoms with E-state index in [9.17, 15) is 4.79 Å². The molecule has 0 saturated carbocycles. The molecule has 2 rings (SSSR count). The molecule has 3 heteroatoms. The molecule has 3 nitrogen and oxygen atoms in total. The summed E-state index contributed by atoms with van der Waals surface area (Å²) in [4.78, 5) is 11.2. The smallest absolute Gasteiger partial charge is 0.224 e. The van der Waals surface area contributed by atoms with Crippen molar-refractivity contribution in [3.8, 4) is 5.69 Å². The van der Waals surface area contributed by atoms with E-state index in [1.165, 1.54) is 0 Å². The van der Waals surface area contributed by atoms with Crippen molar-refractivity contribution in [1.82, 2.24) is 5.32 Å². The SMILES string of the molecule is CNC(=O)Cc1ccc(-[n+]2ccccc2)cc1. The van der Waals surface area contributed by atoms with E-state index in [1.807, 2.05) is 59.4 Å². The molecule has 2 aromatic rings. The van der Waals surface area contributed by atoms with E-state index in [0.29, 0.717) is 6.42 Å². The minimum Gasteiger partial charge on any atom is -0.359 e. The van der Waals surface area contributed by atoms with Gasteiger partial charge in [0.15, 0.2) is 12.4 Å². The number of carbonyl (C=O) groups is 1. The first-order valence-corrected chi connectivity index (χ1v) is 5.56. The Balaban J connectivity index is 2.16. The number of carbonyl (C=O) groups excluding carboxylic acids is 1. The van der Waals surface area contributed by atoms with E-state index in [4.69, 9.17) is 0 Å². The molecular weight excluding hydrogens is 212 g/mol. The van der Waals surface area contributed by atoms with Crippen LogP contribution in [0.2, 0.25) is 0 Å². The van der Waals surface area contributed by atoms with E-state index >= 15 is 0 Å². The zero-order chi connectivity index (χ0) is 12.1. The van der Waals surface area contributed by atoms with Crippen LogP contribution in [0, 0.1) is 0 Å². The van der Waals surface area contributed by atoms with E-state index in [-0.39, 0.29) is 5.91 Å². The number of rotatable bonds is 3. The number of nitrogens with zero attached hydrogens (tertiary/aromatic N) is 1. The number of amides is 1. The Hall–Kier alpha value is -2.16. The molecule has 86 valence electrons. The number of benzene rings is 1. The predicted molar refractivity (Wildman–Crippen MR) is 65.7 cm³/mol. The van der Waals surface area contributed by atoms with Gasteiger partial charge in [0.05, 0.1) is 6.42 Å². The zero-order valence-electron chi connectivity index (χ0n) is 9.76. The molecule has 0 radical (unpaired) electrons. The molecule has 1 aromatic heterocycles. The van der Waals surface area contributed by atoms with Crippen LogP contribution < -0.4 is 9.88 Å². The summed E-state index contributed by atoms with van der Waals surface area (Å²) in [6.07, 6.45) is 4.41. The third-order valence-electron chi connectivity index (χ3n) is 2.59. The van der Waals surface area contributed by atoms with Crippen molar-refractivity contribution in [2.45, 2.75) is 6.42 Å². The van der Waals surface area contributed by atoms with Crippen molar-refractivity contribution in [1.29, 1.82) is 0 Å². The van der Waals surface area contributed by atoms with Crippen molar-refractivity contribution in [3.63, 3.8) is 0 Å². The maximum absolute atomic E-state index is 11.2. The first kappa shape index (κ1) is 11.3. The highest BCUT2D eigenvalue weighted by molar-refractivity contribution is 5.78. The van der Waals surface area contributed by atoms with Crippen molar-refractivity contribution >= 4 is 5.91 Å². The van der Waals surface area contributed by atoms with Crippen molar-refractivity contribution in [2.75, 3.05) is 7.05 Å². The van der Waals surface area contributed by atoms with Crippen LogP contribution in [0.15, 0.2) is 54.9 Å². The third-order valence-corrected chi connectivity index (χ3v) is 2.59. The van der Waals surface area contributed by atoms with Crippen LogP contribution in [0.5, 0.6) is 0 Å². The fourth-order valence-electron chi connectivity index (χ4n) is 1.63. The topological polar surface area (TPSA) is 33.0 Å². The second kappa shape index (κ2) is 5.25. The number of aromatic nitrogens is 1. The molecule has 1 heterocycles. The van der Waals surface area contributed by atoms with Gasteiger partial charge in [-0.15, -0.1) is 0 Å². The standard InChI is InChI=1S/C14H14N2O/c1-15-14(17)11-12-5-7-13(8-6-12)16-9-3-2-4-10-16/h2-10H,11H2,1H3/p+1. The number of likely N-dealkylation sites (N-methyl/N-ethyl adjacent to an activating group) is 1. The number of hydrogen-bond donors (Lipinski definition) is 1. The average Bonchev–Trinajstić information content (AvgIpc) is 2.40. The Kier molecular flexibility index (Phi) is 3.50. The highest BCUT2D eigenvalue weighted by Gasteiger charge is 2.05. The first-order chi connectivity index (χ1) is 8.29. The molecule has 0 atom stereocenters. The van der Waals surface area contributed by atoms with Gasteiger partial charge in [0.2, 0.25) is 11.6 Å². The summed E-state index contributed by atoms with van der Waals surface area (Å²) in [5.41, 5.74) is 2.11. The van der Waals surface area contributed by atoms with Gasteiger partial charge < -0.3 is 5.32 Å². The molecule has 1 aromatic carbocycles. The summed E-state index contributed by atoms with van der Waals surface area (Å²) in [6.45, 7) is 0. The molecule has 0 aliphatic heterocycles. The largest absolute Gasteiger partial charge is 0.359 e. The quantitative estimate of drug-likeness (QED) is 0.787. The number of pyridine rings is 1. The maximum Gasteiger partial charge on any atom is 0.224 e. The molecule has 17 heavy (non-hydrogen) atoms. The van der Waals surface area contributed by atoms with Crippen LogP contribution in [-0.4, -0.2) is 13.0 Å². The summed E-state index contributed by atoms with van der Waals surface area (Å²) in [7, 11) is 1.65. The monoisotopic (exact) mass is 227 g/mol. The highest BCUT2D eigenvalue weighted by atomic mass is 16.1. The van der Waals surface area contributed by atoms with E-state index < -0.39 is 0 Å². The average molecular weight is 227 g/mol. The van der Waals surface area contributed by atoms with Crippen LogP contribution in [0.4, 0.5) is 0 Å². The van der Waals surface area contributed by atoms with Crippen molar-refractivity contribution in [3.05, 3.63) is 60.4 Å². The molecule has 0 fully saturated rings. The van der Waals surface area contributed by atoms with Crippen molar-refractivity contribution < 1.29 is 9.36 Å². The molecule has 1 N–H and O–H groups in total. The van der Waals surface area contributed by atoms with Gasteiger partial charge in [0, 0.05) is 31.3 Å². The first-order valence-electron chi connectivity index (χ1n) is 5.56. The predicted octanol–water partition coefficient (Wildman–Crippen LogP) is 1.25. The minimum absolute atomic E-state index is 0.0325.